The van der Waals surface area contributed by atoms with Crippen LogP contribution in [-0.4, -0.2) is 9.52 Å². The largest absolute Gasteiger partial charge is 4.00 e. The summed E-state index contributed by atoms with van der Waals surface area (Å²) in [5.41, 5.74) is 2.69. The molecule has 4 heteroatoms. The first-order chi connectivity index (χ1) is 7.20. The van der Waals surface area contributed by atoms with E-state index in [1.165, 1.54) is 11.1 Å². The summed E-state index contributed by atoms with van der Waals surface area (Å²) in [6.07, 6.45) is 16.5. The van der Waals surface area contributed by atoms with Crippen molar-refractivity contribution in [2.75, 3.05) is 0 Å². The van der Waals surface area contributed by atoms with Gasteiger partial charge in [-0.25, -0.2) is 23.3 Å². The van der Waals surface area contributed by atoms with E-state index in [4.69, 9.17) is 0 Å². The second-order valence-electron chi connectivity index (χ2n) is 3.58. The maximum Gasteiger partial charge on any atom is 4.00 e. The first kappa shape index (κ1) is 26.5. The van der Waals surface area contributed by atoms with Gasteiger partial charge in [0, 0.05) is 9.52 Å². The third-order valence-corrected chi connectivity index (χ3v) is 1.74. The van der Waals surface area contributed by atoms with Gasteiger partial charge in [0.1, 0.15) is 0 Å². The van der Waals surface area contributed by atoms with Gasteiger partial charge in [-0.2, -0.15) is 12.2 Å². The van der Waals surface area contributed by atoms with E-state index < -0.39 is 0 Å². The maximum absolute atomic E-state index is 3.05. The van der Waals surface area contributed by atoms with Crippen LogP contribution in [0.5, 0.6) is 0 Å². The van der Waals surface area contributed by atoms with Gasteiger partial charge in [-0.1, -0.05) is 13.1 Å². The topological polar surface area (TPSA) is 0 Å². The second kappa shape index (κ2) is 19.3. The van der Waals surface area contributed by atoms with Crippen molar-refractivity contribution in [1.29, 1.82) is 0 Å². The van der Waals surface area contributed by atoms with Crippen molar-refractivity contribution in [1.82, 2.24) is 0 Å². The van der Waals surface area contributed by atoms with Crippen LogP contribution in [0.4, 0.5) is 0 Å². The van der Waals surface area contributed by atoms with Gasteiger partial charge in [0.05, 0.1) is 0 Å². The van der Waals surface area contributed by atoms with E-state index >= 15 is 0 Å². The van der Waals surface area contributed by atoms with Crippen LogP contribution < -0.4 is 9.41 Å². The molecule has 0 aromatic heterocycles. The van der Waals surface area contributed by atoms with E-state index in [0.29, 0.717) is 0 Å². The molecular formula is C14H21F2SiZr. The minimum Gasteiger partial charge on any atom is -1.00 e. The number of halogens is 2. The van der Waals surface area contributed by atoms with E-state index in [2.05, 4.69) is 51.2 Å². The zero-order valence-electron chi connectivity index (χ0n) is 11.6. The van der Waals surface area contributed by atoms with E-state index in [1.54, 1.807) is 0 Å². The summed E-state index contributed by atoms with van der Waals surface area (Å²) in [4.78, 5) is 0. The van der Waals surface area contributed by atoms with Gasteiger partial charge >= 0.3 is 26.2 Å². The molecule has 0 saturated carbocycles. The molecule has 0 atom stereocenters. The Bertz CT molecular complexity index is 248. The molecule has 0 aromatic rings. The Morgan fingerprint density at radius 1 is 0.889 bits per heavy atom. The van der Waals surface area contributed by atoms with Crippen LogP contribution >= 0.6 is 0 Å². The third-order valence-electron chi connectivity index (χ3n) is 1.74. The van der Waals surface area contributed by atoms with E-state index in [-0.39, 0.29) is 35.6 Å². The molecule has 0 fully saturated rings. The summed E-state index contributed by atoms with van der Waals surface area (Å²) < 4.78 is 0. The molecule has 0 saturated heterocycles. The van der Waals surface area contributed by atoms with E-state index in [1.807, 2.05) is 12.2 Å². The number of hydrogen-bond donors (Lipinski definition) is 0. The predicted molar refractivity (Wildman–Crippen MR) is 71.3 cm³/mol. The summed E-state index contributed by atoms with van der Waals surface area (Å²) in [6, 6.07) is 0. The standard InChI is InChI=1S/2C6H7.C2H7Si.2FH.Zr/c2*1-6-4-2-3-5-6;1-3-2;;;/h2*4-5H,2H2,1H3;3H,1-2H3;2*1H;/q2*-1;;;;+4/p-2. The molecule has 0 aliphatic heterocycles. The molecule has 0 bridgehead atoms. The first-order valence-electron chi connectivity index (χ1n) is 5.41. The average molecular weight is 347 g/mol. The van der Waals surface area contributed by atoms with Gasteiger partial charge in [0.25, 0.3) is 0 Å². The first-order valence-corrected chi connectivity index (χ1v) is 7.72. The van der Waals surface area contributed by atoms with Gasteiger partial charge < -0.3 is 9.41 Å². The van der Waals surface area contributed by atoms with Crippen LogP contribution in [0.2, 0.25) is 13.1 Å². The Morgan fingerprint density at radius 2 is 1.17 bits per heavy atom. The second-order valence-corrected chi connectivity index (χ2v) is 4.73. The summed E-state index contributed by atoms with van der Waals surface area (Å²) in [7, 11) is 0.750. The molecule has 0 aromatic carbocycles. The van der Waals surface area contributed by atoms with Crippen molar-refractivity contribution in [3.63, 3.8) is 0 Å². The van der Waals surface area contributed by atoms with Gasteiger partial charge in [0.2, 0.25) is 0 Å². The molecule has 2 aliphatic rings. The summed E-state index contributed by atoms with van der Waals surface area (Å²) in [6.45, 7) is 8.58. The Balaban J connectivity index is -0.0000000793. The monoisotopic (exact) mass is 345 g/mol. The molecule has 0 unspecified atom stereocenters. The fraction of sp³-hybridized carbons (Fsp3) is 0.429. The van der Waals surface area contributed by atoms with Gasteiger partial charge in [0.15, 0.2) is 0 Å². The number of rotatable bonds is 0. The molecule has 18 heavy (non-hydrogen) atoms. The van der Waals surface area contributed by atoms with Crippen molar-refractivity contribution < 1.29 is 35.6 Å². The molecule has 0 amide bonds. The Morgan fingerprint density at radius 3 is 1.22 bits per heavy atom. The smallest absolute Gasteiger partial charge is 1.00 e. The molecule has 2 rings (SSSR count). The number of hydrogen-bond acceptors (Lipinski definition) is 0. The predicted octanol–water partition coefficient (Wildman–Crippen LogP) is -2.08. The average Bonchev–Trinajstić information content (AvgIpc) is 2.81. The quantitative estimate of drug-likeness (QED) is 0.349. The van der Waals surface area contributed by atoms with Gasteiger partial charge in [-0.05, 0) is 0 Å². The molecule has 1 radical (unpaired) electrons. The molecule has 0 nitrogen and oxygen atoms in total. The number of allylic oxidation sites excluding steroid dienone is 8. The van der Waals surface area contributed by atoms with Crippen molar-refractivity contribution in [3.05, 3.63) is 47.6 Å². The minimum absolute atomic E-state index is 0. The third kappa shape index (κ3) is 18.3. The SMILES string of the molecule is CC1=CC[C-]=C1.CC1=CC[C-]=C1.C[SiH]C.[F-].[F-].[Zr+4]. The fourth-order valence-electron chi connectivity index (χ4n) is 0.998. The Hall–Kier alpha value is -0.0800. The Labute approximate surface area is 132 Å². The van der Waals surface area contributed by atoms with E-state index in [0.717, 1.165) is 22.4 Å². The van der Waals surface area contributed by atoms with Crippen LogP contribution in [-0.2, 0) is 26.2 Å². The summed E-state index contributed by atoms with van der Waals surface area (Å²) in [5, 5.41) is 0. The molecule has 99 valence electrons. The van der Waals surface area contributed by atoms with Crippen molar-refractivity contribution in [2.45, 2.75) is 39.8 Å². The summed E-state index contributed by atoms with van der Waals surface area (Å²) >= 11 is 0. The molecule has 0 spiro atoms. The Kier molecular flexibility index (Phi) is 28.3. The van der Waals surface area contributed by atoms with Crippen LogP contribution in [0.25, 0.3) is 0 Å². The van der Waals surface area contributed by atoms with E-state index in [9.17, 15) is 0 Å². The van der Waals surface area contributed by atoms with Crippen molar-refractivity contribution in [3.8, 4) is 0 Å². The normalized spacial score (nSPS) is 13.3. The molecular weight excluding hydrogens is 325 g/mol. The van der Waals surface area contributed by atoms with Crippen molar-refractivity contribution >= 4 is 9.52 Å². The summed E-state index contributed by atoms with van der Waals surface area (Å²) in [5.74, 6) is 0. The van der Waals surface area contributed by atoms with Crippen LogP contribution in [0, 0.1) is 12.2 Å². The van der Waals surface area contributed by atoms with Gasteiger partial charge in [-0.15, -0.1) is 26.7 Å². The van der Waals surface area contributed by atoms with Crippen molar-refractivity contribution in [2.24, 2.45) is 0 Å². The zero-order valence-corrected chi connectivity index (χ0v) is 15.2. The van der Waals surface area contributed by atoms with Crippen LogP contribution in [0.1, 0.15) is 26.7 Å². The zero-order chi connectivity index (χ0) is 11.5. The van der Waals surface area contributed by atoms with Crippen LogP contribution in [0.3, 0.4) is 0 Å². The van der Waals surface area contributed by atoms with Crippen LogP contribution in [0.15, 0.2) is 35.5 Å². The fourth-order valence-corrected chi connectivity index (χ4v) is 0.998. The maximum atomic E-state index is 3.05. The molecule has 0 N–H and O–H groups in total. The van der Waals surface area contributed by atoms with Gasteiger partial charge in [-0.3, -0.25) is 12.2 Å². The molecule has 0 heterocycles. The minimum atomic E-state index is 0. The molecule has 2 aliphatic carbocycles.